The van der Waals surface area contributed by atoms with Crippen LogP contribution in [0.1, 0.15) is 5.56 Å². The minimum atomic E-state index is -0.408. The highest BCUT2D eigenvalue weighted by atomic mass is 32.1. The number of rotatable bonds is 2. The van der Waals surface area contributed by atoms with E-state index in [-0.39, 0.29) is 4.77 Å². The normalized spacial score (nSPS) is 10.6. The Morgan fingerprint density at radius 3 is 2.22 bits per heavy atom. The fourth-order valence-corrected chi connectivity index (χ4v) is 1.95. The van der Waals surface area contributed by atoms with Gasteiger partial charge in [-0.3, -0.25) is 9.13 Å². The molecule has 0 fully saturated rings. The highest BCUT2D eigenvalue weighted by Crippen LogP contribution is 2.00. The molecule has 1 heterocycles. The van der Waals surface area contributed by atoms with Crippen LogP contribution in [0, 0.1) is 4.77 Å². The van der Waals surface area contributed by atoms with Gasteiger partial charge in [0.1, 0.15) is 0 Å². The third kappa shape index (κ3) is 2.06. The van der Waals surface area contributed by atoms with Gasteiger partial charge in [0.25, 0.3) is 0 Å². The molecule has 0 spiro atoms. The fourth-order valence-electron chi connectivity index (χ4n) is 1.73. The van der Waals surface area contributed by atoms with Crippen molar-refractivity contribution in [2.45, 2.75) is 6.54 Å². The molecule has 1 aromatic heterocycles. The average Bonchev–Trinajstić information content (AvgIpc) is 2.40. The molecule has 0 aliphatic heterocycles. The van der Waals surface area contributed by atoms with Gasteiger partial charge in [0.05, 0.1) is 6.54 Å². The third-order valence-corrected chi connectivity index (χ3v) is 3.29. The van der Waals surface area contributed by atoms with E-state index >= 15 is 0 Å². The van der Waals surface area contributed by atoms with E-state index < -0.39 is 11.4 Å². The number of aromatic nitrogens is 3. The molecule has 94 valence electrons. The van der Waals surface area contributed by atoms with E-state index in [0.29, 0.717) is 6.54 Å². The average molecular weight is 263 g/mol. The van der Waals surface area contributed by atoms with E-state index in [1.54, 1.807) is 7.05 Å². The molecule has 0 atom stereocenters. The van der Waals surface area contributed by atoms with Crippen LogP contribution in [0.15, 0.2) is 39.9 Å². The molecular formula is C12H13N3O2S. The van der Waals surface area contributed by atoms with Crippen molar-refractivity contribution < 1.29 is 0 Å². The van der Waals surface area contributed by atoms with E-state index in [1.165, 1.54) is 16.2 Å². The first-order valence-electron chi connectivity index (χ1n) is 5.43. The molecule has 18 heavy (non-hydrogen) atoms. The molecule has 2 aromatic rings. The second-order valence-electron chi connectivity index (χ2n) is 4.04. The van der Waals surface area contributed by atoms with Crippen LogP contribution < -0.4 is 11.4 Å². The smallest absolute Gasteiger partial charge is 0.273 e. The van der Waals surface area contributed by atoms with Gasteiger partial charge in [-0.25, -0.2) is 14.2 Å². The summed E-state index contributed by atoms with van der Waals surface area (Å²) in [5, 5.41) is 0. The van der Waals surface area contributed by atoms with Gasteiger partial charge in [-0.1, -0.05) is 30.3 Å². The molecule has 0 aliphatic rings. The van der Waals surface area contributed by atoms with Gasteiger partial charge in [-0.05, 0) is 17.8 Å². The fraction of sp³-hybridized carbons (Fsp3) is 0.250. The lowest BCUT2D eigenvalue weighted by Gasteiger charge is -2.10. The van der Waals surface area contributed by atoms with Crippen LogP contribution in [-0.2, 0) is 20.6 Å². The number of hydrogen-bond acceptors (Lipinski definition) is 3. The van der Waals surface area contributed by atoms with Crippen molar-refractivity contribution in [2.75, 3.05) is 0 Å². The molecule has 0 saturated heterocycles. The first-order chi connectivity index (χ1) is 8.52. The predicted octanol–water partition coefficient (Wildman–Crippen LogP) is 0.663. The van der Waals surface area contributed by atoms with E-state index in [1.807, 2.05) is 30.3 Å². The lowest BCUT2D eigenvalue weighted by Crippen LogP contribution is -2.43. The van der Waals surface area contributed by atoms with Crippen molar-refractivity contribution in [3.8, 4) is 0 Å². The van der Waals surface area contributed by atoms with Crippen LogP contribution in [0.2, 0.25) is 0 Å². The molecule has 0 saturated carbocycles. The third-order valence-electron chi connectivity index (χ3n) is 2.79. The minimum absolute atomic E-state index is 0.229. The van der Waals surface area contributed by atoms with Crippen molar-refractivity contribution in [3.63, 3.8) is 0 Å². The molecule has 0 bridgehead atoms. The Balaban J connectivity index is 2.64. The van der Waals surface area contributed by atoms with Crippen LogP contribution >= 0.6 is 12.2 Å². The standard InChI is InChI=1S/C12H13N3O2S/c1-13-10(16)14(2)12(18)15(11(13)17)8-9-6-4-3-5-7-9/h3-7H,8H2,1-2H3. The van der Waals surface area contributed by atoms with E-state index in [2.05, 4.69) is 0 Å². The summed E-state index contributed by atoms with van der Waals surface area (Å²) >= 11 is 5.14. The lowest BCUT2D eigenvalue weighted by atomic mass is 10.2. The van der Waals surface area contributed by atoms with Gasteiger partial charge in [-0.2, -0.15) is 0 Å². The minimum Gasteiger partial charge on any atom is -0.273 e. The first kappa shape index (κ1) is 12.5. The van der Waals surface area contributed by atoms with Gasteiger partial charge < -0.3 is 0 Å². The summed E-state index contributed by atoms with van der Waals surface area (Å²) in [6.07, 6.45) is 0. The van der Waals surface area contributed by atoms with Crippen molar-refractivity contribution in [1.29, 1.82) is 0 Å². The summed E-state index contributed by atoms with van der Waals surface area (Å²) in [5.41, 5.74) is 0.158. The van der Waals surface area contributed by atoms with Crippen LogP contribution in [0.5, 0.6) is 0 Å². The molecule has 0 unspecified atom stereocenters. The molecule has 1 aromatic carbocycles. The number of nitrogens with zero attached hydrogens (tertiary/aromatic N) is 3. The van der Waals surface area contributed by atoms with Gasteiger partial charge >= 0.3 is 11.4 Å². The number of benzene rings is 1. The molecule has 0 N–H and O–H groups in total. The van der Waals surface area contributed by atoms with Crippen LogP contribution in [0.4, 0.5) is 0 Å². The highest BCUT2D eigenvalue weighted by Gasteiger charge is 2.07. The largest absolute Gasteiger partial charge is 0.334 e. The zero-order valence-corrected chi connectivity index (χ0v) is 11.0. The van der Waals surface area contributed by atoms with Crippen LogP contribution in [0.3, 0.4) is 0 Å². The SMILES string of the molecule is Cn1c(=O)n(C)c(=S)n(Cc2ccccc2)c1=O. The molecule has 5 nitrogen and oxygen atoms in total. The summed E-state index contributed by atoms with van der Waals surface area (Å²) in [6.45, 7) is 0.362. The van der Waals surface area contributed by atoms with Crippen molar-refractivity contribution in [2.24, 2.45) is 14.1 Å². The maximum Gasteiger partial charge on any atom is 0.334 e. The summed E-state index contributed by atoms with van der Waals surface area (Å²) in [6, 6.07) is 9.51. The van der Waals surface area contributed by atoms with E-state index in [0.717, 1.165) is 10.1 Å². The maximum absolute atomic E-state index is 12.0. The molecular weight excluding hydrogens is 250 g/mol. The van der Waals surface area contributed by atoms with Gasteiger partial charge in [0.2, 0.25) is 0 Å². The quantitative estimate of drug-likeness (QED) is 0.748. The van der Waals surface area contributed by atoms with Gasteiger partial charge in [-0.15, -0.1) is 0 Å². The molecule has 0 radical (unpaired) electrons. The van der Waals surface area contributed by atoms with Crippen molar-refractivity contribution in [1.82, 2.24) is 13.7 Å². The number of hydrogen-bond donors (Lipinski definition) is 0. The van der Waals surface area contributed by atoms with Crippen LogP contribution in [-0.4, -0.2) is 13.7 Å². The summed E-state index contributed by atoms with van der Waals surface area (Å²) in [7, 11) is 3.01. The summed E-state index contributed by atoms with van der Waals surface area (Å²) in [4.78, 5) is 23.7. The van der Waals surface area contributed by atoms with E-state index in [4.69, 9.17) is 12.2 Å². The Labute approximate surface area is 109 Å². The molecule has 6 heteroatoms. The molecule has 0 amide bonds. The Hall–Kier alpha value is -1.95. The van der Waals surface area contributed by atoms with Gasteiger partial charge in [0.15, 0.2) is 4.77 Å². The predicted molar refractivity (Wildman–Crippen MR) is 71.3 cm³/mol. The highest BCUT2D eigenvalue weighted by molar-refractivity contribution is 7.71. The van der Waals surface area contributed by atoms with Crippen molar-refractivity contribution >= 4 is 12.2 Å². The Kier molecular flexibility index (Phi) is 3.29. The topological polar surface area (TPSA) is 48.9 Å². The Bertz CT molecular complexity index is 700. The van der Waals surface area contributed by atoms with Gasteiger partial charge in [0, 0.05) is 14.1 Å². The maximum atomic E-state index is 12.0. The van der Waals surface area contributed by atoms with Crippen molar-refractivity contribution in [3.05, 3.63) is 61.6 Å². The first-order valence-corrected chi connectivity index (χ1v) is 5.84. The van der Waals surface area contributed by atoms with E-state index in [9.17, 15) is 9.59 Å². The second-order valence-corrected chi connectivity index (χ2v) is 4.40. The second kappa shape index (κ2) is 4.73. The molecule has 2 rings (SSSR count). The zero-order valence-electron chi connectivity index (χ0n) is 10.2. The zero-order chi connectivity index (χ0) is 13.3. The summed E-state index contributed by atoms with van der Waals surface area (Å²) in [5.74, 6) is 0. The van der Waals surface area contributed by atoms with Crippen LogP contribution in [0.25, 0.3) is 0 Å². The monoisotopic (exact) mass is 263 g/mol. The lowest BCUT2D eigenvalue weighted by molar-refractivity contribution is 0.546. The summed E-state index contributed by atoms with van der Waals surface area (Å²) < 4.78 is 3.98. The Morgan fingerprint density at radius 1 is 1.00 bits per heavy atom. The Morgan fingerprint density at radius 2 is 1.61 bits per heavy atom. The molecule has 0 aliphatic carbocycles.